The number of benzene rings is 3. The highest BCUT2D eigenvalue weighted by Gasteiger charge is 2.29. The molecule has 0 fully saturated rings. The summed E-state index contributed by atoms with van der Waals surface area (Å²) in [4.78, 5) is 25.0. The van der Waals surface area contributed by atoms with Crippen molar-refractivity contribution in [1.29, 1.82) is 0 Å². The number of aromatic nitrogens is 1. The molecule has 2 atom stereocenters. The minimum Gasteiger partial charge on any atom is -0.618 e. The second-order valence-electron chi connectivity index (χ2n) is 10.6. The fourth-order valence-corrected chi connectivity index (χ4v) is 5.64. The Morgan fingerprint density at radius 3 is 2.61 bits per heavy atom. The zero-order valence-electron chi connectivity index (χ0n) is 24.2. The van der Waals surface area contributed by atoms with Crippen molar-refractivity contribution < 1.29 is 32.6 Å². The molecule has 228 valence electrons. The van der Waals surface area contributed by atoms with E-state index in [1.807, 2.05) is 31.2 Å². The van der Waals surface area contributed by atoms with E-state index in [4.69, 9.17) is 21.1 Å². The van der Waals surface area contributed by atoms with Crippen LogP contribution in [0.15, 0.2) is 66.9 Å². The van der Waals surface area contributed by atoms with E-state index in [0.29, 0.717) is 46.6 Å². The Bertz CT molecular complexity index is 1750. The summed E-state index contributed by atoms with van der Waals surface area (Å²) in [7, 11) is 2.62. The van der Waals surface area contributed by atoms with E-state index in [2.05, 4.69) is 10.6 Å². The number of fused-ring (bicyclic) bond motifs is 4. The van der Waals surface area contributed by atoms with Crippen LogP contribution in [0, 0.1) is 22.8 Å². The third kappa shape index (κ3) is 6.16. The van der Waals surface area contributed by atoms with Crippen LogP contribution in [-0.2, 0) is 9.53 Å². The summed E-state index contributed by atoms with van der Waals surface area (Å²) >= 11 is 5.92. The highest BCUT2D eigenvalue weighted by molar-refractivity contribution is 6.31. The maximum atomic E-state index is 14.9. The number of halogens is 3. The van der Waals surface area contributed by atoms with Gasteiger partial charge in [-0.15, -0.1) is 0 Å². The Labute approximate surface area is 258 Å². The average molecular weight is 622 g/mol. The summed E-state index contributed by atoms with van der Waals surface area (Å²) in [5, 5.41) is 18.9. The van der Waals surface area contributed by atoms with E-state index in [1.165, 1.54) is 20.3 Å². The predicted molar refractivity (Wildman–Crippen MR) is 164 cm³/mol. The van der Waals surface area contributed by atoms with Crippen molar-refractivity contribution in [3.63, 3.8) is 0 Å². The van der Waals surface area contributed by atoms with Gasteiger partial charge < -0.3 is 20.0 Å². The van der Waals surface area contributed by atoms with Gasteiger partial charge >= 0.3 is 6.09 Å². The summed E-state index contributed by atoms with van der Waals surface area (Å²) in [5.74, 6) is -2.75. The zero-order valence-corrected chi connectivity index (χ0v) is 25.0. The Morgan fingerprint density at radius 1 is 1.07 bits per heavy atom. The molecule has 0 radical (unpaired) electrons. The molecule has 2 bridgehead atoms. The number of anilines is 2. The third-order valence-electron chi connectivity index (χ3n) is 7.82. The highest BCUT2D eigenvalue weighted by atomic mass is 35.5. The minimum atomic E-state index is -0.993. The lowest BCUT2D eigenvalue weighted by Gasteiger charge is -2.22. The van der Waals surface area contributed by atoms with Crippen LogP contribution >= 0.6 is 11.6 Å². The fraction of sp³-hybridized carbons (Fsp3) is 0.242. The van der Waals surface area contributed by atoms with E-state index in [9.17, 15) is 23.6 Å². The smallest absolute Gasteiger partial charge is 0.411 e. The molecule has 11 heteroatoms. The molecule has 8 nitrogen and oxygen atoms in total. The van der Waals surface area contributed by atoms with E-state index in [0.717, 1.165) is 29.5 Å². The van der Waals surface area contributed by atoms with Gasteiger partial charge in [-0.25, -0.2) is 13.6 Å². The largest absolute Gasteiger partial charge is 0.618 e. The van der Waals surface area contributed by atoms with Crippen molar-refractivity contribution in [2.45, 2.75) is 32.1 Å². The molecular formula is C33H30ClF2N3O5. The predicted octanol–water partition coefficient (Wildman–Crippen LogP) is 7.66. The van der Waals surface area contributed by atoms with Crippen LogP contribution in [-0.4, -0.2) is 26.2 Å². The molecule has 1 aromatic heterocycles. The van der Waals surface area contributed by atoms with Gasteiger partial charge in [-0.2, -0.15) is 4.73 Å². The average Bonchev–Trinajstić information content (AvgIpc) is 3.01. The summed E-state index contributed by atoms with van der Waals surface area (Å²) in [6, 6.07) is 16.4. The number of pyridine rings is 1. The Balaban J connectivity index is 1.64. The lowest BCUT2D eigenvalue weighted by atomic mass is 9.86. The SMILES string of the molecule is COC(=O)Nc1ccc2c(c1)NC(=O)[C@@H](C)CCC[C@@H](c1cc(OC)c(-c3c(F)ccc(Cl)c3F)c[n+]1[O-])c1cccc-2c1. The molecule has 0 aliphatic carbocycles. The van der Waals surface area contributed by atoms with Gasteiger partial charge in [0.2, 0.25) is 11.6 Å². The second-order valence-corrected chi connectivity index (χ2v) is 11.0. The lowest BCUT2D eigenvalue weighted by molar-refractivity contribution is -0.614. The van der Waals surface area contributed by atoms with Gasteiger partial charge in [0.05, 0.1) is 48.0 Å². The minimum absolute atomic E-state index is 0.0683. The van der Waals surface area contributed by atoms with Gasteiger partial charge in [0.15, 0.2) is 12.0 Å². The number of carbonyl (C=O) groups excluding carboxylic acids is 2. The van der Waals surface area contributed by atoms with Crippen molar-refractivity contribution in [1.82, 2.24) is 0 Å². The van der Waals surface area contributed by atoms with Gasteiger partial charge in [0.25, 0.3) is 0 Å². The van der Waals surface area contributed by atoms with Gasteiger partial charge in [0, 0.05) is 17.2 Å². The molecule has 3 aromatic carbocycles. The normalized spacial score (nSPS) is 16.5. The Hall–Kier alpha value is -4.70. The van der Waals surface area contributed by atoms with Crippen molar-refractivity contribution in [3.8, 4) is 28.0 Å². The summed E-state index contributed by atoms with van der Waals surface area (Å²) in [6.45, 7) is 1.82. The van der Waals surface area contributed by atoms with Crippen molar-refractivity contribution in [3.05, 3.63) is 100.0 Å². The molecule has 1 aliphatic rings. The Morgan fingerprint density at radius 2 is 1.86 bits per heavy atom. The number of nitrogens with zero attached hydrogens (tertiary/aromatic N) is 1. The lowest BCUT2D eigenvalue weighted by Crippen LogP contribution is -2.34. The maximum Gasteiger partial charge on any atom is 0.411 e. The van der Waals surface area contributed by atoms with Crippen LogP contribution < -0.4 is 20.1 Å². The number of hydrogen-bond acceptors (Lipinski definition) is 5. The van der Waals surface area contributed by atoms with E-state index < -0.39 is 29.2 Å². The van der Waals surface area contributed by atoms with Crippen LogP contribution in [0.25, 0.3) is 22.3 Å². The zero-order chi connectivity index (χ0) is 31.5. The highest BCUT2D eigenvalue weighted by Crippen LogP contribution is 2.40. The maximum absolute atomic E-state index is 14.9. The molecule has 2 heterocycles. The van der Waals surface area contributed by atoms with E-state index in [-0.39, 0.29) is 28.2 Å². The first-order valence-electron chi connectivity index (χ1n) is 14.0. The van der Waals surface area contributed by atoms with E-state index in [1.54, 1.807) is 18.2 Å². The summed E-state index contributed by atoms with van der Waals surface area (Å²) in [5.41, 5.74) is 3.03. The third-order valence-corrected chi connectivity index (χ3v) is 8.11. The molecule has 2 amide bonds. The molecule has 44 heavy (non-hydrogen) atoms. The first kappa shape index (κ1) is 30.7. The molecule has 0 saturated heterocycles. The number of ether oxygens (including phenoxy) is 2. The van der Waals surface area contributed by atoms with Crippen molar-refractivity contribution in [2.24, 2.45) is 5.92 Å². The molecule has 5 rings (SSSR count). The summed E-state index contributed by atoms with van der Waals surface area (Å²) < 4.78 is 40.6. The van der Waals surface area contributed by atoms with Gasteiger partial charge in [0.1, 0.15) is 11.6 Å². The fourth-order valence-electron chi connectivity index (χ4n) is 5.49. The van der Waals surface area contributed by atoms with Crippen molar-refractivity contribution in [2.75, 3.05) is 24.9 Å². The summed E-state index contributed by atoms with van der Waals surface area (Å²) in [6.07, 6.45) is 2.11. The number of nitrogens with one attached hydrogen (secondary N) is 2. The standard InChI is InChI=1S/C33H30ClF2N3O5/c1-18-6-4-9-23(28-16-29(43-2)24(17-39(28)42)30-26(35)13-12-25(34)31(30)36)20-8-5-7-19(14-20)22-11-10-21(37-33(41)44-3)15-27(22)38-32(18)40/h5,7-8,10-18,23H,4,6,9H2,1-3H3,(H,37,41)(H,38,40)/t18-,23+/m0/s1. The number of hydrogen-bond donors (Lipinski definition) is 2. The van der Waals surface area contributed by atoms with Crippen LogP contribution in [0.2, 0.25) is 5.02 Å². The van der Waals surface area contributed by atoms with Crippen LogP contribution in [0.5, 0.6) is 5.75 Å². The van der Waals surface area contributed by atoms with E-state index >= 15 is 0 Å². The van der Waals surface area contributed by atoms with Crippen molar-refractivity contribution >= 4 is 35.0 Å². The molecule has 1 aliphatic heterocycles. The number of methoxy groups -OCH3 is 2. The monoisotopic (exact) mass is 621 g/mol. The molecule has 0 unspecified atom stereocenters. The molecule has 0 spiro atoms. The Kier molecular flexibility index (Phi) is 9.01. The first-order valence-corrected chi connectivity index (χ1v) is 14.3. The van der Waals surface area contributed by atoms with Crippen LogP contribution in [0.4, 0.5) is 25.0 Å². The van der Waals surface area contributed by atoms with Gasteiger partial charge in [-0.3, -0.25) is 10.1 Å². The number of amides is 2. The topological polar surface area (TPSA) is 104 Å². The second kappa shape index (κ2) is 12.9. The first-order chi connectivity index (χ1) is 21.1. The quantitative estimate of drug-likeness (QED) is 0.138. The number of carbonyl (C=O) groups is 2. The molecule has 0 saturated carbocycles. The van der Waals surface area contributed by atoms with Crippen LogP contribution in [0.1, 0.15) is 43.4 Å². The molecule has 4 aromatic rings. The number of rotatable bonds is 4. The molecular weight excluding hydrogens is 592 g/mol. The van der Waals surface area contributed by atoms with Gasteiger partial charge in [-0.1, -0.05) is 55.3 Å². The molecule has 2 N–H and O–H groups in total. The van der Waals surface area contributed by atoms with Gasteiger partial charge in [-0.05, 0) is 48.2 Å². The van der Waals surface area contributed by atoms with Crippen LogP contribution in [0.3, 0.4) is 0 Å².